The maximum Gasteiger partial charge on any atom is 0.272 e. The number of amides is 1. The zero-order valence-corrected chi connectivity index (χ0v) is 15.3. The summed E-state index contributed by atoms with van der Waals surface area (Å²) >= 11 is 0. The van der Waals surface area contributed by atoms with Crippen molar-refractivity contribution in [3.05, 3.63) is 99.1 Å². The van der Waals surface area contributed by atoms with Gasteiger partial charge in [0.2, 0.25) is 0 Å². The molecule has 0 saturated carbocycles. The quantitative estimate of drug-likeness (QED) is 0.582. The highest BCUT2D eigenvalue weighted by Crippen LogP contribution is 2.26. The van der Waals surface area contributed by atoms with Gasteiger partial charge in [0.05, 0.1) is 29.2 Å². The fraction of sp³-hybridized carbons (Fsp3) is 0.136. The number of carbonyl (C=O) groups excluding carboxylic acids is 1. The van der Waals surface area contributed by atoms with Crippen LogP contribution in [0.3, 0.4) is 0 Å². The van der Waals surface area contributed by atoms with Crippen LogP contribution in [-0.2, 0) is 19.5 Å². The minimum atomic E-state index is -0.561. The third kappa shape index (κ3) is 3.00. The van der Waals surface area contributed by atoms with Crippen molar-refractivity contribution in [2.24, 2.45) is 0 Å². The number of aromatic amines is 1. The van der Waals surface area contributed by atoms with Crippen LogP contribution in [0.1, 0.15) is 32.7 Å². The van der Waals surface area contributed by atoms with E-state index in [0.29, 0.717) is 30.6 Å². The first-order chi connectivity index (χ1) is 14.1. The third-order valence-corrected chi connectivity index (χ3v) is 5.25. The van der Waals surface area contributed by atoms with E-state index < -0.39 is 5.82 Å². The van der Waals surface area contributed by atoms with Gasteiger partial charge in [0.15, 0.2) is 0 Å². The average Bonchev–Trinajstić information content (AvgIpc) is 3.33. The summed E-state index contributed by atoms with van der Waals surface area (Å²) in [5.41, 5.74) is 3.05. The van der Waals surface area contributed by atoms with Crippen molar-refractivity contribution in [1.82, 2.24) is 15.1 Å². The average molecular weight is 389 g/mol. The van der Waals surface area contributed by atoms with Gasteiger partial charge in [-0.05, 0) is 23.8 Å². The predicted octanol–water partition coefficient (Wildman–Crippen LogP) is 3.40. The molecule has 0 spiro atoms. The predicted molar refractivity (Wildman–Crippen MR) is 104 cm³/mol. The maximum absolute atomic E-state index is 14.4. The van der Waals surface area contributed by atoms with E-state index in [0.717, 1.165) is 22.1 Å². The first-order valence-electron chi connectivity index (χ1n) is 9.18. The lowest BCUT2D eigenvalue weighted by Crippen LogP contribution is -2.26. The molecule has 0 aliphatic carbocycles. The number of rotatable bonds is 3. The highest BCUT2D eigenvalue weighted by Gasteiger charge is 2.27. The van der Waals surface area contributed by atoms with E-state index in [2.05, 4.69) is 10.2 Å². The molecular formula is C22H16FN3O3. The minimum Gasteiger partial charge on any atom is -0.472 e. The molecule has 144 valence electrons. The van der Waals surface area contributed by atoms with Crippen molar-refractivity contribution in [1.29, 1.82) is 0 Å². The standard InChI is InChI=1S/C22H16FN3O3/c23-19-6-5-13(8-20-16-3-1-2-4-17(16)21(27)25-24-20)7-18(19)22(28)26-9-14-11-29-12-15(14)10-26/h1-7,11-12H,8-10H2,(H,25,27). The number of H-pyrrole nitrogens is 1. The number of carbonyl (C=O) groups is 1. The molecule has 0 unspecified atom stereocenters. The van der Waals surface area contributed by atoms with Crippen LogP contribution in [-0.4, -0.2) is 21.0 Å². The van der Waals surface area contributed by atoms with Crippen LogP contribution in [0.15, 0.2) is 64.2 Å². The van der Waals surface area contributed by atoms with Crippen LogP contribution >= 0.6 is 0 Å². The second-order valence-corrected chi connectivity index (χ2v) is 7.12. The Balaban J connectivity index is 1.46. The SMILES string of the molecule is O=C(c1cc(Cc2n[nH]c(=O)c3ccccc23)ccc1F)N1Cc2cocc2C1. The molecule has 5 rings (SSSR count). The van der Waals surface area contributed by atoms with E-state index in [9.17, 15) is 14.0 Å². The molecule has 7 heteroatoms. The normalized spacial score (nSPS) is 13.1. The van der Waals surface area contributed by atoms with E-state index in [1.54, 1.807) is 41.7 Å². The van der Waals surface area contributed by atoms with Gasteiger partial charge in [0.25, 0.3) is 11.5 Å². The summed E-state index contributed by atoms with van der Waals surface area (Å²) in [6.07, 6.45) is 3.59. The smallest absolute Gasteiger partial charge is 0.272 e. The third-order valence-electron chi connectivity index (χ3n) is 5.25. The van der Waals surface area contributed by atoms with Gasteiger partial charge in [0.1, 0.15) is 5.82 Å². The zero-order chi connectivity index (χ0) is 20.0. The number of furan rings is 1. The van der Waals surface area contributed by atoms with E-state index in [4.69, 9.17) is 4.42 Å². The van der Waals surface area contributed by atoms with Gasteiger partial charge >= 0.3 is 0 Å². The number of hydrogen-bond donors (Lipinski definition) is 1. The van der Waals surface area contributed by atoms with Crippen LogP contribution in [0.4, 0.5) is 4.39 Å². The van der Waals surface area contributed by atoms with Gasteiger partial charge in [-0.15, -0.1) is 0 Å². The van der Waals surface area contributed by atoms with Gasteiger partial charge in [0, 0.05) is 36.0 Å². The van der Waals surface area contributed by atoms with Gasteiger partial charge in [-0.2, -0.15) is 5.10 Å². The first kappa shape index (κ1) is 17.4. The van der Waals surface area contributed by atoms with Crippen LogP contribution in [0.25, 0.3) is 10.8 Å². The van der Waals surface area contributed by atoms with Crippen molar-refractivity contribution in [2.45, 2.75) is 19.5 Å². The highest BCUT2D eigenvalue weighted by atomic mass is 19.1. The van der Waals surface area contributed by atoms with E-state index in [-0.39, 0.29) is 17.0 Å². The fourth-order valence-electron chi connectivity index (χ4n) is 3.75. The second-order valence-electron chi connectivity index (χ2n) is 7.12. The number of hydrogen-bond acceptors (Lipinski definition) is 4. The Bertz CT molecular complexity index is 1290. The lowest BCUT2D eigenvalue weighted by atomic mass is 10.0. The van der Waals surface area contributed by atoms with Crippen LogP contribution in [0.2, 0.25) is 0 Å². The summed E-state index contributed by atoms with van der Waals surface area (Å²) in [4.78, 5) is 26.4. The van der Waals surface area contributed by atoms with Crippen LogP contribution in [0, 0.1) is 5.82 Å². The largest absolute Gasteiger partial charge is 0.472 e. The molecule has 29 heavy (non-hydrogen) atoms. The molecule has 2 aromatic carbocycles. The van der Waals surface area contributed by atoms with Gasteiger partial charge in [-0.25, -0.2) is 9.49 Å². The molecule has 4 aromatic rings. The van der Waals surface area contributed by atoms with Crippen molar-refractivity contribution in [2.75, 3.05) is 0 Å². The highest BCUT2D eigenvalue weighted by molar-refractivity contribution is 5.95. The molecule has 0 atom stereocenters. The Kier molecular flexibility index (Phi) is 4.01. The van der Waals surface area contributed by atoms with Gasteiger partial charge in [-0.1, -0.05) is 24.3 Å². The van der Waals surface area contributed by atoms with Gasteiger partial charge in [-0.3, -0.25) is 9.59 Å². The lowest BCUT2D eigenvalue weighted by Gasteiger charge is -2.17. The second kappa shape index (κ2) is 6.70. The summed E-state index contributed by atoms with van der Waals surface area (Å²) in [5, 5.41) is 7.94. The molecule has 3 heterocycles. The molecule has 0 radical (unpaired) electrons. The molecule has 6 nitrogen and oxygen atoms in total. The maximum atomic E-state index is 14.4. The topological polar surface area (TPSA) is 79.2 Å². The van der Waals surface area contributed by atoms with Crippen LogP contribution in [0.5, 0.6) is 0 Å². The van der Waals surface area contributed by atoms with E-state index in [1.165, 1.54) is 6.07 Å². The molecular weight excluding hydrogens is 373 g/mol. The number of aromatic nitrogens is 2. The Morgan fingerprint density at radius 2 is 1.83 bits per heavy atom. The summed E-state index contributed by atoms with van der Waals surface area (Å²) in [6, 6.07) is 11.7. The summed E-state index contributed by atoms with van der Waals surface area (Å²) in [7, 11) is 0. The van der Waals surface area contributed by atoms with Crippen LogP contribution < -0.4 is 5.56 Å². The molecule has 0 fully saturated rings. The summed E-state index contributed by atoms with van der Waals surface area (Å²) in [6.45, 7) is 0.806. The Hall–Kier alpha value is -3.74. The summed E-state index contributed by atoms with van der Waals surface area (Å²) < 4.78 is 19.6. The number of benzene rings is 2. The van der Waals surface area contributed by atoms with Gasteiger partial charge < -0.3 is 9.32 Å². The molecule has 1 aliphatic heterocycles. The number of halogens is 1. The minimum absolute atomic E-state index is 0.0262. The Labute approximate surface area is 164 Å². The van der Waals surface area contributed by atoms with E-state index >= 15 is 0 Å². The van der Waals surface area contributed by atoms with Crippen molar-refractivity contribution >= 4 is 16.7 Å². The first-order valence-corrected chi connectivity index (χ1v) is 9.18. The Morgan fingerprint density at radius 1 is 1.10 bits per heavy atom. The summed E-state index contributed by atoms with van der Waals surface area (Å²) in [5.74, 6) is -0.922. The lowest BCUT2D eigenvalue weighted by molar-refractivity contribution is 0.0745. The zero-order valence-electron chi connectivity index (χ0n) is 15.3. The molecule has 2 aromatic heterocycles. The molecule has 0 bridgehead atoms. The number of nitrogens with one attached hydrogen (secondary N) is 1. The molecule has 1 N–H and O–H groups in total. The molecule has 0 saturated heterocycles. The van der Waals surface area contributed by atoms with Crippen molar-refractivity contribution in [3.8, 4) is 0 Å². The van der Waals surface area contributed by atoms with Crippen molar-refractivity contribution < 1.29 is 13.6 Å². The monoisotopic (exact) mass is 389 g/mol. The number of fused-ring (bicyclic) bond motifs is 2. The number of nitrogens with zero attached hydrogens (tertiary/aromatic N) is 2. The fourth-order valence-corrected chi connectivity index (χ4v) is 3.75. The molecule has 1 amide bonds. The van der Waals surface area contributed by atoms with E-state index in [1.807, 2.05) is 12.1 Å². The Morgan fingerprint density at radius 3 is 2.59 bits per heavy atom. The van der Waals surface area contributed by atoms with Crippen molar-refractivity contribution in [3.63, 3.8) is 0 Å². The molecule has 1 aliphatic rings.